The van der Waals surface area contributed by atoms with Gasteiger partial charge in [0.15, 0.2) is 6.10 Å². The summed E-state index contributed by atoms with van der Waals surface area (Å²) in [7, 11) is 0. The maximum atomic E-state index is 14.0. The fraction of sp³-hybridized carbons (Fsp3) is 0.259. The van der Waals surface area contributed by atoms with Gasteiger partial charge in [0.25, 0.3) is 5.91 Å². The Bertz CT molecular complexity index is 1200. The van der Waals surface area contributed by atoms with Crippen LogP contribution in [0.25, 0.3) is 0 Å². The van der Waals surface area contributed by atoms with Crippen molar-refractivity contribution in [2.75, 3.05) is 6.54 Å². The quantitative estimate of drug-likeness (QED) is 0.583. The van der Waals surface area contributed by atoms with Crippen LogP contribution in [0, 0.1) is 11.6 Å². The van der Waals surface area contributed by atoms with E-state index in [0.717, 1.165) is 16.7 Å². The van der Waals surface area contributed by atoms with Gasteiger partial charge in [-0.3, -0.25) is 9.59 Å². The van der Waals surface area contributed by atoms with E-state index in [0.29, 0.717) is 24.3 Å². The van der Waals surface area contributed by atoms with Gasteiger partial charge in [0.1, 0.15) is 17.4 Å². The number of amides is 2. The van der Waals surface area contributed by atoms with E-state index in [1.54, 1.807) is 42.2 Å². The van der Waals surface area contributed by atoms with Gasteiger partial charge in [-0.25, -0.2) is 8.78 Å². The van der Waals surface area contributed by atoms with E-state index in [1.165, 1.54) is 31.2 Å². The molecular formula is C27H26F2N2O3. The fourth-order valence-electron chi connectivity index (χ4n) is 4.23. The lowest BCUT2D eigenvalue weighted by atomic mass is 9.88. The highest BCUT2D eigenvalue weighted by molar-refractivity contribution is 5.80. The summed E-state index contributed by atoms with van der Waals surface area (Å²) in [4.78, 5) is 26.6. The smallest absolute Gasteiger partial charge is 0.261 e. The second-order valence-corrected chi connectivity index (χ2v) is 8.38. The first-order valence-electron chi connectivity index (χ1n) is 11.2. The van der Waals surface area contributed by atoms with Crippen molar-refractivity contribution in [1.29, 1.82) is 0 Å². The lowest BCUT2D eigenvalue weighted by Gasteiger charge is -2.37. The van der Waals surface area contributed by atoms with Crippen LogP contribution in [-0.4, -0.2) is 29.4 Å². The topological polar surface area (TPSA) is 58.6 Å². The molecule has 0 aromatic heterocycles. The van der Waals surface area contributed by atoms with Crippen molar-refractivity contribution in [3.05, 3.63) is 101 Å². The van der Waals surface area contributed by atoms with Crippen LogP contribution in [0.4, 0.5) is 8.78 Å². The van der Waals surface area contributed by atoms with Crippen LogP contribution in [0.5, 0.6) is 5.75 Å². The summed E-state index contributed by atoms with van der Waals surface area (Å²) < 4.78 is 32.9. The average molecular weight is 465 g/mol. The molecule has 3 aromatic rings. The molecule has 7 heteroatoms. The van der Waals surface area contributed by atoms with E-state index in [1.807, 2.05) is 12.1 Å². The van der Waals surface area contributed by atoms with Crippen LogP contribution in [-0.2, 0) is 22.6 Å². The van der Waals surface area contributed by atoms with Crippen LogP contribution in [0.3, 0.4) is 0 Å². The highest BCUT2D eigenvalue weighted by Gasteiger charge is 2.31. The van der Waals surface area contributed by atoms with Gasteiger partial charge in [-0.15, -0.1) is 0 Å². The zero-order valence-electron chi connectivity index (χ0n) is 19.1. The predicted octanol–water partition coefficient (Wildman–Crippen LogP) is 4.54. The minimum absolute atomic E-state index is 0.0974. The zero-order chi connectivity index (χ0) is 24.2. The van der Waals surface area contributed by atoms with E-state index in [4.69, 9.17) is 4.74 Å². The third-order valence-corrected chi connectivity index (χ3v) is 5.98. The van der Waals surface area contributed by atoms with E-state index in [9.17, 15) is 18.4 Å². The van der Waals surface area contributed by atoms with Crippen molar-refractivity contribution in [1.82, 2.24) is 10.2 Å². The summed E-state index contributed by atoms with van der Waals surface area (Å²) in [5.41, 5.74) is 3.35. The lowest BCUT2D eigenvalue weighted by molar-refractivity contribution is -0.131. The van der Waals surface area contributed by atoms with E-state index < -0.39 is 12.1 Å². The van der Waals surface area contributed by atoms with Gasteiger partial charge in [-0.05, 0) is 72.0 Å². The monoisotopic (exact) mass is 464 g/mol. The molecule has 1 aliphatic heterocycles. The van der Waals surface area contributed by atoms with Crippen LogP contribution in [0.1, 0.15) is 42.1 Å². The molecule has 1 heterocycles. The molecule has 0 saturated heterocycles. The van der Waals surface area contributed by atoms with Crippen molar-refractivity contribution < 1.29 is 23.1 Å². The van der Waals surface area contributed by atoms with Crippen molar-refractivity contribution in [2.45, 2.75) is 39.0 Å². The molecule has 2 unspecified atom stereocenters. The zero-order valence-corrected chi connectivity index (χ0v) is 19.1. The van der Waals surface area contributed by atoms with Crippen LogP contribution in [0.2, 0.25) is 0 Å². The molecule has 2 atom stereocenters. The molecule has 4 rings (SSSR count). The summed E-state index contributed by atoms with van der Waals surface area (Å²) in [6, 6.07) is 17.3. The third-order valence-electron chi connectivity index (χ3n) is 5.98. The lowest BCUT2D eigenvalue weighted by Crippen LogP contribution is -2.39. The Kier molecular flexibility index (Phi) is 6.91. The van der Waals surface area contributed by atoms with Gasteiger partial charge in [-0.2, -0.15) is 0 Å². The molecule has 176 valence electrons. The molecule has 5 nitrogen and oxygen atoms in total. The number of carbonyl (C=O) groups is 2. The standard InChI is InChI=1S/C27H26F2N2O3/c1-17(27(33)30-16-19-6-9-22(28)10-7-19)34-24-11-8-20-12-13-31(18(2)32)26(25(20)15-24)21-4-3-5-23(29)14-21/h3-11,14-15,17,26H,12-13,16H2,1-2H3,(H,30,33). The number of nitrogens with one attached hydrogen (secondary N) is 1. The van der Waals surface area contributed by atoms with Crippen molar-refractivity contribution >= 4 is 11.8 Å². The SMILES string of the molecule is CC(=O)N1CCc2ccc(OC(C)C(=O)NCc3ccc(F)cc3)cc2C1c1cccc(F)c1. The summed E-state index contributed by atoms with van der Waals surface area (Å²) in [5, 5.41) is 2.78. The molecule has 2 amide bonds. The number of halogens is 2. The van der Waals surface area contributed by atoms with Gasteiger partial charge in [-0.1, -0.05) is 30.3 Å². The molecule has 3 aromatic carbocycles. The molecule has 34 heavy (non-hydrogen) atoms. The molecule has 0 bridgehead atoms. The number of fused-ring (bicyclic) bond motifs is 1. The van der Waals surface area contributed by atoms with Crippen LogP contribution in [0.15, 0.2) is 66.7 Å². The Morgan fingerprint density at radius 1 is 1.06 bits per heavy atom. The van der Waals surface area contributed by atoms with Crippen molar-refractivity contribution in [3.63, 3.8) is 0 Å². The van der Waals surface area contributed by atoms with Gasteiger partial charge in [0.2, 0.25) is 5.91 Å². The van der Waals surface area contributed by atoms with Gasteiger partial charge in [0.05, 0.1) is 6.04 Å². The van der Waals surface area contributed by atoms with Gasteiger partial charge in [0, 0.05) is 20.0 Å². The molecule has 1 aliphatic rings. The van der Waals surface area contributed by atoms with Gasteiger partial charge < -0.3 is 15.0 Å². The Morgan fingerprint density at radius 2 is 1.82 bits per heavy atom. The summed E-state index contributed by atoms with van der Waals surface area (Å²) >= 11 is 0. The van der Waals surface area contributed by atoms with E-state index in [2.05, 4.69) is 5.32 Å². The first kappa shape index (κ1) is 23.4. The molecule has 0 spiro atoms. The minimum atomic E-state index is -0.779. The molecule has 1 N–H and O–H groups in total. The summed E-state index contributed by atoms with van der Waals surface area (Å²) in [5.74, 6) is -0.630. The maximum Gasteiger partial charge on any atom is 0.261 e. The Balaban J connectivity index is 1.52. The second-order valence-electron chi connectivity index (χ2n) is 8.38. The fourth-order valence-corrected chi connectivity index (χ4v) is 4.23. The molecule has 0 aliphatic carbocycles. The van der Waals surface area contributed by atoms with Crippen molar-refractivity contribution in [3.8, 4) is 5.75 Å². The number of ether oxygens (including phenoxy) is 1. The molecule has 0 fully saturated rings. The Labute approximate surface area is 197 Å². The van der Waals surface area contributed by atoms with E-state index in [-0.39, 0.29) is 30.0 Å². The minimum Gasteiger partial charge on any atom is -0.481 e. The maximum absolute atomic E-state index is 14.0. The highest BCUT2D eigenvalue weighted by Crippen LogP contribution is 2.37. The Morgan fingerprint density at radius 3 is 2.53 bits per heavy atom. The largest absolute Gasteiger partial charge is 0.481 e. The Hall–Kier alpha value is -3.74. The number of rotatable bonds is 6. The second kappa shape index (κ2) is 10.0. The first-order valence-corrected chi connectivity index (χ1v) is 11.2. The number of hydrogen-bond acceptors (Lipinski definition) is 3. The molecule has 0 saturated carbocycles. The number of hydrogen-bond donors (Lipinski definition) is 1. The number of benzene rings is 3. The summed E-state index contributed by atoms with van der Waals surface area (Å²) in [6.45, 7) is 3.94. The normalized spacial score (nSPS) is 15.9. The highest BCUT2D eigenvalue weighted by atomic mass is 19.1. The van der Waals surface area contributed by atoms with Crippen molar-refractivity contribution in [2.24, 2.45) is 0 Å². The van der Waals surface area contributed by atoms with Crippen LogP contribution >= 0.6 is 0 Å². The number of carbonyl (C=O) groups excluding carboxylic acids is 2. The van der Waals surface area contributed by atoms with Crippen LogP contribution < -0.4 is 10.1 Å². The third kappa shape index (κ3) is 5.25. The first-order chi connectivity index (χ1) is 16.3. The van der Waals surface area contributed by atoms with Gasteiger partial charge >= 0.3 is 0 Å². The predicted molar refractivity (Wildman–Crippen MR) is 124 cm³/mol. The molecular weight excluding hydrogens is 438 g/mol. The number of nitrogens with zero attached hydrogens (tertiary/aromatic N) is 1. The average Bonchev–Trinajstić information content (AvgIpc) is 2.82. The summed E-state index contributed by atoms with van der Waals surface area (Å²) in [6.07, 6.45) is -0.104. The van der Waals surface area contributed by atoms with E-state index >= 15 is 0 Å². The molecule has 0 radical (unpaired) electrons.